The number of imidazole rings is 1. The molecule has 1 fully saturated rings. The molecule has 0 unspecified atom stereocenters. The second-order valence-electron chi connectivity index (χ2n) is 7.07. The van der Waals surface area contributed by atoms with Crippen LogP contribution >= 0.6 is 22.7 Å². The minimum Gasteiger partial charge on any atom is -0.364 e. The fraction of sp³-hybridized carbons (Fsp3) is 0.421. The lowest BCUT2D eigenvalue weighted by Gasteiger charge is -2.35. The molecule has 0 aliphatic carbocycles. The molecule has 5 rings (SSSR count). The maximum atomic E-state index is 6.34. The third kappa shape index (κ3) is 2.87. The SMILES string of the molecule is Cc1ccc(CN2CC[C@]3(C2)Cn2c(-c4cccs4)cnc2CO3)s1. The lowest BCUT2D eigenvalue weighted by atomic mass is 10.0. The minimum absolute atomic E-state index is 0.0635. The van der Waals surface area contributed by atoms with E-state index in [9.17, 15) is 0 Å². The Kier molecular flexibility index (Phi) is 3.82. The van der Waals surface area contributed by atoms with Crippen molar-refractivity contribution in [1.82, 2.24) is 14.5 Å². The summed E-state index contributed by atoms with van der Waals surface area (Å²) >= 11 is 3.68. The first-order valence-electron chi connectivity index (χ1n) is 8.71. The highest BCUT2D eigenvalue weighted by Gasteiger charge is 2.43. The minimum atomic E-state index is -0.0635. The molecule has 0 amide bonds. The molecular weight excluding hydrogens is 350 g/mol. The van der Waals surface area contributed by atoms with Crippen LogP contribution in [-0.4, -0.2) is 33.1 Å². The van der Waals surface area contributed by atoms with Crippen LogP contribution in [0.2, 0.25) is 0 Å². The van der Waals surface area contributed by atoms with Gasteiger partial charge in [-0.15, -0.1) is 22.7 Å². The summed E-state index contributed by atoms with van der Waals surface area (Å²) < 4.78 is 8.72. The average Bonchev–Trinajstić information content (AvgIpc) is 3.36. The standard InChI is InChI=1S/C19H21N3OS2/c1-14-4-5-15(25-14)10-21-7-6-19(12-21)13-22-16(17-3-2-8-24-17)9-20-18(22)11-23-19/h2-5,8-9H,6-7,10-13H2,1H3/t19-/m0/s1. The summed E-state index contributed by atoms with van der Waals surface area (Å²) in [7, 11) is 0. The first-order chi connectivity index (χ1) is 12.2. The van der Waals surface area contributed by atoms with E-state index in [2.05, 4.69) is 51.0 Å². The molecule has 2 aliphatic heterocycles. The van der Waals surface area contributed by atoms with Gasteiger partial charge >= 0.3 is 0 Å². The summed E-state index contributed by atoms with van der Waals surface area (Å²) in [5.41, 5.74) is 1.17. The van der Waals surface area contributed by atoms with E-state index in [1.165, 1.54) is 20.3 Å². The van der Waals surface area contributed by atoms with Gasteiger partial charge in [0.05, 0.1) is 23.3 Å². The average molecular weight is 372 g/mol. The highest BCUT2D eigenvalue weighted by molar-refractivity contribution is 7.13. The van der Waals surface area contributed by atoms with Gasteiger partial charge in [0.2, 0.25) is 0 Å². The molecule has 3 aromatic rings. The molecular formula is C19H21N3OS2. The summed E-state index contributed by atoms with van der Waals surface area (Å²) in [4.78, 5) is 11.3. The first kappa shape index (κ1) is 15.8. The van der Waals surface area contributed by atoms with Crippen molar-refractivity contribution in [3.63, 3.8) is 0 Å². The second-order valence-corrected chi connectivity index (χ2v) is 9.39. The van der Waals surface area contributed by atoms with Crippen molar-refractivity contribution in [2.45, 2.75) is 38.6 Å². The highest BCUT2D eigenvalue weighted by Crippen LogP contribution is 2.36. The molecule has 25 heavy (non-hydrogen) atoms. The Balaban J connectivity index is 1.36. The summed E-state index contributed by atoms with van der Waals surface area (Å²) in [6, 6.07) is 8.76. The predicted octanol–water partition coefficient (Wildman–Crippen LogP) is 4.16. The molecule has 1 atom stereocenters. The van der Waals surface area contributed by atoms with Crippen molar-refractivity contribution in [2.75, 3.05) is 13.1 Å². The number of nitrogens with zero attached hydrogens (tertiary/aromatic N) is 3. The number of rotatable bonds is 3. The van der Waals surface area contributed by atoms with E-state index in [1.54, 1.807) is 11.3 Å². The van der Waals surface area contributed by atoms with E-state index < -0.39 is 0 Å². The molecule has 0 bridgehead atoms. The van der Waals surface area contributed by atoms with Gasteiger partial charge in [-0.3, -0.25) is 4.90 Å². The van der Waals surface area contributed by atoms with Crippen molar-refractivity contribution in [1.29, 1.82) is 0 Å². The van der Waals surface area contributed by atoms with Gasteiger partial charge in [0, 0.05) is 29.4 Å². The van der Waals surface area contributed by atoms with Crippen molar-refractivity contribution < 1.29 is 4.74 Å². The summed E-state index contributed by atoms with van der Waals surface area (Å²) in [5, 5.41) is 2.13. The summed E-state index contributed by atoms with van der Waals surface area (Å²) in [5.74, 6) is 1.06. The number of likely N-dealkylation sites (tertiary alicyclic amines) is 1. The smallest absolute Gasteiger partial charge is 0.135 e. The van der Waals surface area contributed by atoms with Crippen LogP contribution in [0.15, 0.2) is 35.8 Å². The zero-order valence-electron chi connectivity index (χ0n) is 14.3. The topological polar surface area (TPSA) is 30.3 Å². The highest BCUT2D eigenvalue weighted by atomic mass is 32.1. The molecule has 0 saturated carbocycles. The summed E-state index contributed by atoms with van der Waals surface area (Å²) in [6.45, 7) is 6.86. The number of fused-ring (bicyclic) bond motifs is 1. The molecule has 2 aliphatic rings. The molecule has 6 heteroatoms. The van der Waals surface area contributed by atoms with Crippen LogP contribution in [0.3, 0.4) is 0 Å². The van der Waals surface area contributed by atoms with E-state index in [-0.39, 0.29) is 5.60 Å². The normalized spacial score (nSPS) is 23.4. The second kappa shape index (κ2) is 6.06. The third-order valence-corrected chi connectivity index (χ3v) is 7.11. The Morgan fingerprint density at radius 3 is 3.04 bits per heavy atom. The van der Waals surface area contributed by atoms with Gasteiger partial charge < -0.3 is 9.30 Å². The van der Waals surface area contributed by atoms with Crippen LogP contribution in [0.4, 0.5) is 0 Å². The van der Waals surface area contributed by atoms with Crippen LogP contribution < -0.4 is 0 Å². The molecule has 1 spiro atoms. The molecule has 130 valence electrons. The number of thiophene rings is 2. The molecule has 0 aromatic carbocycles. The van der Waals surface area contributed by atoms with Gasteiger partial charge in [0.1, 0.15) is 18.0 Å². The van der Waals surface area contributed by atoms with Gasteiger partial charge in [0.15, 0.2) is 0 Å². The quantitative estimate of drug-likeness (QED) is 0.693. The van der Waals surface area contributed by atoms with Gasteiger partial charge in [-0.1, -0.05) is 6.07 Å². The zero-order chi connectivity index (χ0) is 16.9. The van der Waals surface area contributed by atoms with Gasteiger partial charge in [0.25, 0.3) is 0 Å². The molecule has 3 aromatic heterocycles. The first-order valence-corrected chi connectivity index (χ1v) is 10.4. The van der Waals surface area contributed by atoms with E-state index in [1.807, 2.05) is 17.5 Å². The lowest BCUT2D eigenvalue weighted by Crippen LogP contribution is -2.44. The van der Waals surface area contributed by atoms with Crippen LogP contribution in [-0.2, 0) is 24.4 Å². The Bertz CT molecular complexity index is 883. The fourth-order valence-corrected chi connectivity index (χ4v) is 5.66. The van der Waals surface area contributed by atoms with Crippen molar-refractivity contribution in [3.8, 4) is 10.6 Å². The van der Waals surface area contributed by atoms with Crippen LogP contribution in [0.5, 0.6) is 0 Å². The van der Waals surface area contributed by atoms with Crippen molar-refractivity contribution >= 4 is 22.7 Å². The Labute approximate surface area is 155 Å². The number of hydrogen-bond acceptors (Lipinski definition) is 5. The van der Waals surface area contributed by atoms with E-state index in [4.69, 9.17) is 4.74 Å². The summed E-state index contributed by atoms with van der Waals surface area (Å²) in [6.07, 6.45) is 3.10. The predicted molar refractivity (Wildman–Crippen MR) is 102 cm³/mol. The molecule has 4 nitrogen and oxygen atoms in total. The Hall–Kier alpha value is -1.47. The van der Waals surface area contributed by atoms with Crippen molar-refractivity contribution in [3.05, 3.63) is 51.4 Å². The van der Waals surface area contributed by atoms with Crippen molar-refractivity contribution in [2.24, 2.45) is 0 Å². The van der Waals surface area contributed by atoms with Gasteiger partial charge in [-0.05, 0) is 36.9 Å². The molecule has 5 heterocycles. The van der Waals surface area contributed by atoms with Crippen LogP contribution in [0.25, 0.3) is 10.6 Å². The largest absolute Gasteiger partial charge is 0.364 e. The monoisotopic (exact) mass is 371 g/mol. The Morgan fingerprint density at radius 1 is 1.28 bits per heavy atom. The number of aryl methyl sites for hydroxylation is 1. The molecule has 1 saturated heterocycles. The molecule has 0 radical (unpaired) electrons. The van der Waals surface area contributed by atoms with Gasteiger partial charge in [-0.2, -0.15) is 0 Å². The van der Waals surface area contributed by atoms with Crippen LogP contribution in [0.1, 0.15) is 22.0 Å². The Morgan fingerprint density at radius 2 is 2.24 bits per heavy atom. The zero-order valence-corrected chi connectivity index (χ0v) is 15.9. The molecule has 0 N–H and O–H groups in total. The maximum Gasteiger partial charge on any atom is 0.135 e. The van der Waals surface area contributed by atoms with E-state index in [0.29, 0.717) is 6.61 Å². The van der Waals surface area contributed by atoms with E-state index in [0.717, 1.165) is 38.4 Å². The van der Waals surface area contributed by atoms with Crippen LogP contribution in [0, 0.1) is 6.92 Å². The maximum absolute atomic E-state index is 6.34. The third-order valence-electron chi connectivity index (χ3n) is 5.24. The number of aromatic nitrogens is 2. The van der Waals surface area contributed by atoms with Gasteiger partial charge in [-0.25, -0.2) is 4.98 Å². The fourth-order valence-electron chi connectivity index (χ4n) is 3.98. The lowest BCUT2D eigenvalue weighted by molar-refractivity contribution is -0.0821. The number of hydrogen-bond donors (Lipinski definition) is 0. The van der Waals surface area contributed by atoms with E-state index >= 15 is 0 Å². The number of ether oxygens (including phenoxy) is 1.